The van der Waals surface area contributed by atoms with Gasteiger partial charge in [0, 0.05) is 5.92 Å². The van der Waals surface area contributed by atoms with Gasteiger partial charge in [-0.1, -0.05) is 62.2 Å². The van der Waals surface area contributed by atoms with Crippen LogP contribution in [-0.2, 0) is 9.53 Å². The molecule has 0 aliphatic carbocycles. The molecule has 0 aromatic heterocycles. The third-order valence-corrected chi connectivity index (χ3v) is 6.96. The van der Waals surface area contributed by atoms with E-state index in [1.807, 2.05) is 44.2 Å². The highest BCUT2D eigenvalue weighted by Gasteiger charge is 2.37. The summed E-state index contributed by atoms with van der Waals surface area (Å²) in [5, 5.41) is 3.35. The highest BCUT2D eigenvalue weighted by molar-refractivity contribution is 9.12. The second-order valence-electron chi connectivity index (χ2n) is 6.26. The first kappa shape index (κ1) is 18.0. The van der Waals surface area contributed by atoms with Crippen LogP contribution in [0.4, 0.5) is 0 Å². The zero-order valence-electron chi connectivity index (χ0n) is 13.0. The first-order chi connectivity index (χ1) is 10.4. The van der Waals surface area contributed by atoms with Gasteiger partial charge >= 0.3 is 5.97 Å². The number of hydrogen-bond acceptors (Lipinski definition) is 3. The van der Waals surface area contributed by atoms with E-state index in [1.165, 1.54) is 0 Å². The average molecular weight is 433 g/mol. The summed E-state index contributed by atoms with van der Waals surface area (Å²) in [6, 6.07) is 9.89. The summed E-state index contributed by atoms with van der Waals surface area (Å²) in [5.74, 6) is 0.192. The Morgan fingerprint density at radius 1 is 1.23 bits per heavy atom. The molecule has 0 amide bonds. The molecule has 2 unspecified atom stereocenters. The Morgan fingerprint density at radius 3 is 2.41 bits per heavy atom. The van der Waals surface area contributed by atoms with Gasteiger partial charge in [0.15, 0.2) is 0 Å². The number of nitrogens with one attached hydrogen (secondary N) is 1. The van der Waals surface area contributed by atoms with Crippen LogP contribution in [0, 0.1) is 5.92 Å². The molecule has 0 radical (unpaired) electrons. The lowest BCUT2D eigenvalue weighted by Crippen LogP contribution is -2.44. The van der Waals surface area contributed by atoms with E-state index in [0.29, 0.717) is 5.92 Å². The Labute approximate surface area is 149 Å². The van der Waals surface area contributed by atoms with Crippen LogP contribution in [0.3, 0.4) is 0 Å². The maximum Gasteiger partial charge on any atom is 0.321 e. The van der Waals surface area contributed by atoms with E-state index in [1.54, 1.807) is 0 Å². The molecule has 0 bridgehead atoms. The van der Waals surface area contributed by atoms with Crippen molar-refractivity contribution in [1.29, 1.82) is 0 Å². The highest BCUT2D eigenvalue weighted by atomic mass is 79.9. The largest absolute Gasteiger partial charge is 0.458 e. The summed E-state index contributed by atoms with van der Waals surface area (Å²) in [5.41, 5.74) is 0.621. The van der Waals surface area contributed by atoms with Gasteiger partial charge in [-0.05, 0) is 45.3 Å². The van der Waals surface area contributed by atoms with Crippen molar-refractivity contribution >= 4 is 37.8 Å². The molecular weight excluding hydrogens is 410 g/mol. The number of ether oxygens (including phenoxy) is 1. The number of halogens is 2. The van der Waals surface area contributed by atoms with Gasteiger partial charge in [0.25, 0.3) is 0 Å². The Bertz CT molecular complexity index is 487. The molecule has 1 aliphatic heterocycles. The van der Waals surface area contributed by atoms with E-state index in [-0.39, 0.29) is 10.8 Å². The minimum Gasteiger partial charge on any atom is -0.458 e. The lowest BCUT2D eigenvalue weighted by molar-refractivity contribution is -0.161. The van der Waals surface area contributed by atoms with Crippen LogP contribution in [0.15, 0.2) is 30.3 Å². The summed E-state index contributed by atoms with van der Waals surface area (Å²) in [7, 11) is 0. The average Bonchev–Trinajstić information content (AvgIpc) is 2.54. The number of benzene rings is 1. The summed E-state index contributed by atoms with van der Waals surface area (Å²) < 4.78 is 5.84. The van der Waals surface area contributed by atoms with Crippen molar-refractivity contribution in [3.8, 4) is 0 Å². The number of alkyl halides is 2. The zero-order chi connectivity index (χ0) is 16.2. The molecule has 1 aromatic carbocycles. The lowest BCUT2D eigenvalue weighted by Gasteiger charge is -2.37. The molecule has 1 saturated heterocycles. The maximum absolute atomic E-state index is 12.5. The Kier molecular flexibility index (Phi) is 6.47. The van der Waals surface area contributed by atoms with Crippen molar-refractivity contribution in [3.05, 3.63) is 35.9 Å². The SMILES string of the molecule is CC(C)(OC(=O)C(Br)C(Br)c1ccccc1)C1CCNCC1. The van der Waals surface area contributed by atoms with Crippen LogP contribution in [-0.4, -0.2) is 29.5 Å². The quantitative estimate of drug-likeness (QED) is 0.559. The van der Waals surface area contributed by atoms with Gasteiger partial charge in [-0.25, -0.2) is 0 Å². The normalized spacial score (nSPS) is 19.5. The van der Waals surface area contributed by atoms with Gasteiger partial charge in [-0.2, -0.15) is 0 Å². The fourth-order valence-corrected chi connectivity index (χ4v) is 3.76. The molecule has 5 heteroatoms. The van der Waals surface area contributed by atoms with Crippen molar-refractivity contribution in [2.45, 2.75) is 41.9 Å². The van der Waals surface area contributed by atoms with E-state index in [2.05, 4.69) is 37.2 Å². The van der Waals surface area contributed by atoms with Crippen LogP contribution in [0.25, 0.3) is 0 Å². The third-order valence-electron chi connectivity index (χ3n) is 4.29. The summed E-state index contributed by atoms with van der Waals surface area (Å²) in [6.07, 6.45) is 2.09. The van der Waals surface area contributed by atoms with E-state index in [4.69, 9.17) is 4.74 Å². The molecule has 1 heterocycles. The smallest absolute Gasteiger partial charge is 0.321 e. The van der Waals surface area contributed by atoms with Crippen LogP contribution >= 0.6 is 31.9 Å². The topological polar surface area (TPSA) is 38.3 Å². The summed E-state index contributed by atoms with van der Waals surface area (Å²) >= 11 is 7.09. The number of carbonyl (C=O) groups is 1. The monoisotopic (exact) mass is 431 g/mol. The van der Waals surface area contributed by atoms with Crippen molar-refractivity contribution in [1.82, 2.24) is 5.32 Å². The van der Waals surface area contributed by atoms with Crippen LogP contribution in [0.5, 0.6) is 0 Å². The molecule has 0 spiro atoms. The van der Waals surface area contributed by atoms with Crippen LogP contribution in [0.2, 0.25) is 0 Å². The molecular formula is C17H23Br2NO2. The molecule has 1 fully saturated rings. The Morgan fingerprint density at radius 2 is 1.82 bits per heavy atom. The Hall–Kier alpha value is -0.390. The predicted molar refractivity (Wildman–Crippen MR) is 96.6 cm³/mol. The molecule has 1 aromatic rings. The lowest BCUT2D eigenvalue weighted by atomic mass is 9.83. The molecule has 3 nitrogen and oxygen atoms in total. The molecule has 2 rings (SSSR count). The number of carbonyl (C=O) groups excluding carboxylic acids is 1. The first-order valence-corrected chi connectivity index (χ1v) is 9.51. The second kappa shape index (κ2) is 7.93. The molecule has 1 aliphatic rings. The maximum atomic E-state index is 12.5. The van der Waals surface area contributed by atoms with Gasteiger partial charge in [0.05, 0.1) is 4.83 Å². The van der Waals surface area contributed by atoms with Crippen LogP contribution in [0.1, 0.15) is 37.1 Å². The van der Waals surface area contributed by atoms with Gasteiger partial charge in [-0.15, -0.1) is 0 Å². The molecule has 122 valence electrons. The summed E-state index contributed by atoms with van der Waals surface area (Å²) in [6.45, 7) is 6.03. The number of piperidine rings is 1. The minimum atomic E-state index is -0.436. The van der Waals surface area contributed by atoms with E-state index in [9.17, 15) is 4.79 Å². The second-order valence-corrected chi connectivity index (χ2v) is 8.24. The van der Waals surface area contributed by atoms with E-state index in [0.717, 1.165) is 31.5 Å². The van der Waals surface area contributed by atoms with Gasteiger partial charge < -0.3 is 10.1 Å². The van der Waals surface area contributed by atoms with Gasteiger partial charge in [0.2, 0.25) is 0 Å². The van der Waals surface area contributed by atoms with Crippen molar-refractivity contribution in [2.75, 3.05) is 13.1 Å². The number of rotatable bonds is 5. The van der Waals surface area contributed by atoms with Crippen molar-refractivity contribution in [2.24, 2.45) is 5.92 Å². The number of hydrogen-bond donors (Lipinski definition) is 1. The molecule has 1 N–H and O–H groups in total. The van der Waals surface area contributed by atoms with E-state index >= 15 is 0 Å². The molecule has 22 heavy (non-hydrogen) atoms. The van der Waals surface area contributed by atoms with Crippen LogP contribution < -0.4 is 5.32 Å². The van der Waals surface area contributed by atoms with Gasteiger partial charge in [-0.3, -0.25) is 4.79 Å². The van der Waals surface area contributed by atoms with E-state index < -0.39 is 10.4 Å². The first-order valence-electron chi connectivity index (χ1n) is 7.68. The number of esters is 1. The zero-order valence-corrected chi connectivity index (χ0v) is 16.2. The highest BCUT2D eigenvalue weighted by Crippen LogP contribution is 2.35. The predicted octanol–water partition coefficient (Wildman–Crippen LogP) is 4.21. The minimum absolute atomic E-state index is 0.106. The molecule has 2 atom stereocenters. The fraction of sp³-hybridized carbons (Fsp3) is 0.588. The Balaban J connectivity index is 1.98. The summed E-state index contributed by atoms with van der Waals surface area (Å²) in [4.78, 5) is 12.0. The van der Waals surface area contributed by atoms with Crippen molar-refractivity contribution in [3.63, 3.8) is 0 Å². The van der Waals surface area contributed by atoms with Crippen molar-refractivity contribution < 1.29 is 9.53 Å². The standard InChI is InChI=1S/C17H23Br2NO2/c1-17(2,13-8-10-20-11-9-13)22-16(21)15(19)14(18)12-6-4-3-5-7-12/h3-7,13-15,20H,8-11H2,1-2H3. The molecule has 0 saturated carbocycles. The van der Waals surface area contributed by atoms with Gasteiger partial charge in [0.1, 0.15) is 10.4 Å². The fourth-order valence-electron chi connectivity index (χ4n) is 2.84. The third kappa shape index (κ3) is 4.56.